The first-order chi connectivity index (χ1) is 12.3. The molecule has 0 saturated heterocycles. The molecule has 0 atom stereocenters. The van der Waals surface area contributed by atoms with Gasteiger partial charge in [-0.3, -0.25) is 0 Å². The number of fused-ring (bicyclic) bond motifs is 7. The van der Waals surface area contributed by atoms with Gasteiger partial charge in [0.2, 0.25) is 5.69 Å². The molecule has 0 radical (unpaired) electrons. The Balaban J connectivity index is 1.85. The zero-order valence-corrected chi connectivity index (χ0v) is 15.0. The molecule has 1 aliphatic heterocycles. The third kappa shape index (κ3) is 1.94. The monoisotopic (exact) mass is 330 g/mol. The molecule has 1 aromatic carbocycles. The maximum absolute atomic E-state index is 6.38. The quantitative estimate of drug-likeness (QED) is 0.574. The van der Waals surface area contributed by atoms with Gasteiger partial charge in [0, 0.05) is 42.3 Å². The summed E-state index contributed by atoms with van der Waals surface area (Å²) in [7, 11) is 0. The zero-order chi connectivity index (χ0) is 17.0. The molecule has 2 aromatic heterocycles. The molecule has 5 rings (SSSR count). The van der Waals surface area contributed by atoms with Crippen molar-refractivity contribution in [3.63, 3.8) is 0 Å². The first-order valence-electron chi connectivity index (χ1n) is 9.53. The summed E-state index contributed by atoms with van der Waals surface area (Å²) >= 11 is 0. The first-order valence-corrected chi connectivity index (χ1v) is 9.53. The molecule has 0 amide bonds. The van der Waals surface area contributed by atoms with Crippen molar-refractivity contribution in [3.05, 3.63) is 59.5 Å². The highest BCUT2D eigenvalue weighted by atomic mass is 16.3. The summed E-state index contributed by atoms with van der Waals surface area (Å²) in [5, 5.41) is 1.30. The molecule has 0 saturated carbocycles. The molecule has 1 aliphatic carbocycles. The second-order valence-electron chi connectivity index (χ2n) is 7.43. The van der Waals surface area contributed by atoms with E-state index < -0.39 is 0 Å². The van der Waals surface area contributed by atoms with Gasteiger partial charge in [0.25, 0.3) is 0 Å². The Labute approximate surface area is 148 Å². The zero-order valence-electron chi connectivity index (χ0n) is 15.0. The summed E-state index contributed by atoms with van der Waals surface area (Å²) in [5.41, 5.74) is 6.66. The lowest BCUT2D eigenvalue weighted by molar-refractivity contribution is -0.758. The van der Waals surface area contributed by atoms with Crippen molar-refractivity contribution in [3.8, 4) is 11.3 Å². The Kier molecular flexibility index (Phi) is 3.18. The van der Waals surface area contributed by atoms with Crippen LogP contribution in [0.3, 0.4) is 0 Å². The number of hydrogen-bond acceptors (Lipinski definition) is 1. The molecule has 0 spiro atoms. The van der Waals surface area contributed by atoms with Crippen molar-refractivity contribution in [1.82, 2.24) is 0 Å². The van der Waals surface area contributed by atoms with Gasteiger partial charge in [-0.2, -0.15) is 4.57 Å². The lowest BCUT2D eigenvalue weighted by Gasteiger charge is -2.32. The van der Waals surface area contributed by atoms with Gasteiger partial charge >= 0.3 is 0 Å². The second-order valence-corrected chi connectivity index (χ2v) is 7.43. The van der Waals surface area contributed by atoms with E-state index in [1.165, 1.54) is 27.8 Å². The average molecular weight is 330 g/mol. The topological polar surface area (TPSA) is 17.0 Å². The molecule has 0 N–H and O–H groups in total. The van der Waals surface area contributed by atoms with E-state index in [1.807, 2.05) is 0 Å². The van der Waals surface area contributed by atoms with Crippen LogP contribution in [0.15, 0.2) is 47.0 Å². The van der Waals surface area contributed by atoms with Gasteiger partial charge in [0.15, 0.2) is 11.7 Å². The SMILES string of the molecule is CCC1(CC)Cc2ccc3c4c(oc3c2-c2cccc[n+]21)C=CCC4. The van der Waals surface area contributed by atoms with Crippen LogP contribution in [0.5, 0.6) is 0 Å². The fourth-order valence-corrected chi connectivity index (χ4v) is 4.85. The Morgan fingerprint density at radius 2 is 2.00 bits per heavy atom. The number of benzene rings is 1. The van der Waals surface area contributed by atoms with E-state index in [0.29, 0.717) is 0 Å². The van der Waals surface area contributed by atoms with E-state index in [1.54, 1.807) is 0 Å². The van der Waals surface area contributed by atoms with Crippen molar-refractivity contribution in [2.45, 2.75) is 51.5 Å². The molecular formula is C23H24NO+. The predicted molar refractivity (Wildman–Crippen MR) is 101 cm³/mol. The van der Waals surface area contributed by atoms with E-state index in [2.05, 4.69) is 67.1 Å². The van der Waals surface area contributed by atoms with Crippen molar-refractivity contribution >= 4 is 17.0 Å². The van der Waals surface area contributed by atoms with E-state index in [9.17, 15) is 0 Å². The van der Waals surface area contributed by atoms with Gasteiger partial charge in [-0.15, -0.1) is 0 Å². The Morgan fingerprint density at radius 3 is 2.84 bits per heavy atom. The summed E-state index contributed by atoms with van der Waals surface area (Å²) in [4.78, 5) is 0. The van der Waals surface area contributed by atoms with Crippen LogP contribution in [0, 0.1) is 0 Å². The number of hydrogen-bond donors (Lipinski definition) is 0. The average Bonchev–Trinajstić information content (AvgIpc) is 3.05. The van der Waals surface area contributed by atoms with Gasteiger partial charge in [-0.05, 0) is 30.5 Å². The number of nitrogens with zero attached hydrogens (tertiary/aromatic N) is 1. The van der Waals surface area contributed by atoms with Crippen LogP contribution in [0.25, 0.3) is 28.3 Å². The molecule has 2 nitrogen and oxygen atoms in total. The van der Waals surface area contributed by atoms with E-state index in [0.717, 1.165) is 43.4 Å². The fourth-order valence-electron chi connectivity index (χ4n) is 4.85. The van der Waals surface area contributed by atoms with Crippen LogP contribution in [0.2, 0.25) is 0 Å². The molecule has 0 fully saturated rings. The highest BCUT2D eigenvalue weighted by Crippen LogP contribution is 2.43. The Bertz CT molecular complexity index is 1000. The summed E-state index contributed by atoms with van der Waals surface area (Å²) in [6, 6.07) is 11.2. The molecule has 25 heavy (non-hydrogen) atoms. The van der Waals surface area contributed by atoms with Crippen LogP contribution >= 0.6 is 0 Å². The van der Waals surface area contributed by atoms with Crippen LogP contribution in [-0.2, 0) is 18.4 Å². The van der Waals surface area contributed by atoms with Crippen LogP contribution in [0.1, 0.15) is 50.0 Å². The maximum atomic E-state index is 6.38. The molecule has 2 heteroatoms. The first kappa shape index (κ1) is 14.9. The number of aromatic nitrogens is 1. The van der Waals surface area contributed by atoms with Gasteiger partial charge in [0.05, 0.1) is 5.56 Å². The molecule has 2 aliphatic rings. The predicted octanol–water partition coefficient (Wildman–Crippen LogP) is 5.42. The van der Waals surface area contributed by atoms with Crippen molar-refractivity contribution < 1.29 is 8.98 Å². The highest BCUT2D eigenvalue weighted by molar-refractivity contribution is 5.97. The number of aryl methyl sites for hydroxylation is 1. The summed E-state index contributed by atoms with van der Waals surface area (Å²) in [6.45, 7) is 4.63. The summed E-state index contributed by atoms with van der Waals surface area (Å²) in [6.07, 6.45) is 12.2. The van der Waals surface area contributed by atoms with Gasteiger partial charge < -0.3 is 4.42 Å². The lowest BCUT2D eigenvalue weighted by Crippen LogP contribution is -2.60. The van der Waals surface area contributed by atoms with Gasteiger partial charge in [-0.25, -0.2) is 0 Å². The maximum Gasteiger partial charge on any atom is 0.217 e. The molecule has 126 valence electrons. The number of furan rings is 1. The smallest absolute Gasteiger partial charge is 0.217 e. The van der Waals surface area contributed by atoms with Gasteiger partial charge in [-0.1, -0.05) is 32.1 Å². The standard InChI is InChI=1S/C23H24NO/c1-3-23(4-2)15-16-12-13-18-17-9-5-6-11-20(17)25-22(18)21(16)19-10-7-8-14-24(19)23/h6-8,10-14H,3-5,9,15H2,1-2H3/q+1. The normalized spacial score (nSPS) is 17.2. The summed E-state index contributed by atoms with van der Waals surface area (Å²) in [5.74, 6) is 1.06. The number of rotatable bonds is 2. The third-order valence-corrected chi connectivity index (χ3v) is 6.37. The van der Waals surface area contributed by atoms with Crippen molar-refractivity contribution in [1.29, 1.82) is 0 Å². The van der Waals surface area contributed by atoms with Crippen LogP contribution in [-0.4, -0.2) is 0 Å². The Hall–Kier alpha value is -2.35. The molecule has 3 heterocycles. The molecular weight excluding hydrogens is 306 g/mol. The van der Waals surface area contributed by atoms with Crippen molar-refractivity contribution in [2.24, 2.45) is 0 Å². The van der Waals surface area contributed by atoms with Gasteiger partial charge in [0.1, 0.15) is 11.3 Å². The van der Waals surface area contributed by atoms with E-state index >= 15 is 0 Å². The molecule has 3 aromatic rings. The fraction of sp³-hybridized carbons (Fsp3) is 0.348. The number of pyridine rings is 1. The molecule has 0 bridgehead atoms. The minimum absolute atomic E-state index is 0.170. The number of allylic oxidation sites excluding steroid dienone is 1. The van der Waals surface area contributed by atoms with E-state index in [-0.39, 0.29) is 5.54 Å². The van der Waals surface area contributed by atoms with Crippen LogP contribution in [0.4, 0.5) is 0 Å². The van der Waals surface area contributed by atoms with E-state index in [4.69, 9.17) is 4.42 Å². The summed E-state index contributed by atoms with van der Waals surface area (Å²) < 4.78 is 8.89. The minimum Gasteiger partial charge on any atom is -0.456 e. The minimum atomic E-state index is 0.170. The van der Waals surface area contributed by atoms with Crippen molar-refractivity contribution in [2.75, 3.05) is 0 Å². The lowest BCUT2D eigenvalue weighted by atomic mass is 9.79. The third-order valence-electron chi connectivity index (χ3n) is 6.37. The highest BCUT2D eigenvalue weighted by Gasteiger charge is 2.44. The Morgan fingerprint density at radius 1 is 1.12 bits per heavy atom. The molecule has 0 unspecified atom stereocenters. The largest absolute Gasteiger partial charge is 0.456 e. The van der Waals surface area contributed by atoms with Crippen LogP contribution < -0.4 is 4.57 Å². The second kappa shape index (κ2) is 5.32.